The van der Waals surface area contributed by atoms with Gasteiger partial charge in [0.25, 0.3) is 0 Å². The van der Waals surface area contributed by atoms with Crippen molar-refractivity contribution in [3.8, 4) is 5.75 Å². The van der Waals surface area contributed by atoms with Crippen molar-refractivity contribution in [1.82, 2.24) is 9.88 Å². The van der Waals surface area contributed by atoms with Gasteiger partial charge in [0, 0.05) is 30.4 Å². The zero-order valence-corrected chi connectivity index (χ0v) is 14.2. The van der Waals surface area contributed by atoms with E-state index in [4.69, 9.17) is 9.47 Å². The number of benzene rings is 1. The second kappa shape index (κ2) is 7.10. The number of urea groups is 1. The topological polar surface area (TPSA) is 92.8 Å². The van der Waals surface area contributed by atoms with Crippen LogP contribution in [0.5, 0.6) is 5.75 Å². The zero-order valence-electron chi connectivity index (χ0n) is 14.2. The lowest BCUT2D eigenvalue weighted by Gasteiger charge is -2.16. The molecule has 2 N–H and O–H groups in total. The molecular weight excluding hydrogens is 355 g/mol. The van der Waals surface area contributed by atoms with Gasteiger partial charge in [0.15, 0.2) is 0 Å². The van der Waals surface area contributed by atoms with E-state index in [-0.39, 0.29) is 29.7 Å². The van der Waals surface area contributed by atoms with Gasteiger partial charge in [-0.05, 0) is 18.2 Å². The predicted molar refractivity (Wildman–Crippen MR) is 94.2 cm³/mol. The number of carbonyl (C=O) groups is 2. The predicted octanol–water partition coefficient (Wildman–Crippen LogP) is 2.84. The van der Waals surface area contributed by atoms with Crippen LogP contribution in [0.25, 0.3) is 0 Å². The summed E-state index contributed by atoms with van der Waals surface area (Å²) >= 11 is 0. The number of aromatic nitrogens is 1. The highest BCUT2D eigenvalue weighted by molar-refractivity contribution is 5.99. The number of carbonyl (C=O) groups excluding carboxylic acids is 2. The average Bonchev–Trinajstić information content (AvgIpc) is 3.16. The molecule has 9 heteroatoms. The molecule has 0 saturated carbocycles. The van der Waals surface area contributed by atoms with Gasteiger partial charge < -0.3 is 20.1 Å². The monoisotopic (exact) mass is 372 g/mol. The Balaban J connectivity index is 1.39. The summed E-state index contributed by atoms with van der Waals surface area (Å²) in [5.41, 5.74) is 0.769. The van der Waals surface area contributed by atoms with Crippen molar-refractivity contribution in [2.45, 2.75) is 18.6 Å². The largest absolute Gasteiger partial charge is 0.488 e. The van der Waals surface area contributed by atoms with Gasteiger partial charge in [-0.1, -0.05) is 0 Å². The molecule has 2 aliphatic heterocycles. The standard InChI is InChI=1S/C18H17FN4O4/c19-11-4-13(22-17(24)21-12-2-1-3-20-8-12)6-15(5-11)27-16-7-14-10-26-18(25)23(14)9-16/h1-6,8,14,16H,7,9-10H2,(H2,21,22,24)/t14-,16?/m0/s1. The van der Waals surface area contributed by atoms with Crippen LogP contribution >= 0.6 is 0 Å². The molecular formula is C18H17FN4O4. The minimum Gasteiger partial charge on any atom is -0.488 e. The first kappa shape index (κ1) is 17.1. The Hall–Kier alpha value is -3.36. The number of rotatable bonds is 4. The van der Waals surface area contributed by atoms with Gasteiger partial charge in [0.1, 0.15) is 24.3 Å². The molecule has 8 nitrogen and oxygen atoms in total. The van der Waals surface area contributed by atoms with Gasteiger partial charge in [0.2, 0.25) is 0 Å². The van der Waals surface area contributed by atoms with Gasteiger partial charge >= 0.3 is 12.1 Å². The minimum atomic E-state index is -0.540. The quantitative estimate of drug-likeness (QED) is 0.861. The molecule has 1 aromatic heterocycles. The number of hydrogen-bond acceptors (Lipinski definition) is 5. The molecule has 140 valence electrons. The summed E-state index contributed by atoms with van der Waals surface area (Å²) in [5.74, 6) is -0.256. The first-order valence-corrected chi connectivity index (χ1v) is 8.45. The van der Waals surface area contributed by atoms with Crippen molar-refractivity contribution in [1.29, 1.82) is 0 Å². The van der Waals surface area contributed by atoms with Crippen LogP contribution in [-0.2, 0) is 4.74 Å². The Labute approximate surface area is 154 Å². The Morgan fingerprint density at radius 1 is 1.30 bits per heavy atom. The first-order chi connectivity index (χ1) is 13.1. The van der Waals surface area contributed by atoms with Crippen LogP contribution in [-0.4, -0.2) is 47.3 Å². The fraction of sp³-hybridized carbons (Fsp3) is 0.278. The van der Waals surface area contributed by atoms with Gasteiger partial charge in [-0.15, -0.1) is 0 Å². The molecule has 3 amide bonds. The van der Waals surface area contributed by atoms with Crippen LogP contribution in [0.1, 0.15) is 6.42 Å². The summed E-state index contributed by atoms with van der Waals surface area (Å²) in [5, 5.41) is 5.16. The highest BCUT2D eigenvalue weighted by Gasteiger charge is 2.42. The van der Waals surface area contributed by atoms with E-state index in [0.717, 1.165) is 0 Å². The lowest BCUT2D eigenvalue weighted by atomic mass is 10.2. The summed E-state index contributed by atoms with van der Waals surface area (Å²) in [6.07, 6.45) is 3.11. The molecule has 2 aromatic rings. The number of ether oxygens (including phenoxy) is 2. The molecule has 0 spiro atoms. The van der Waals surface area contributed by atoms with E-state index in [1.54, 1.807) is 23.2 Å². The van der Waals surface area contributed by atoms with Crippen molar-refractivity contribution < 1.29 is 23.5 Å². The number of fused-ring (bicyclic) bond motifs is 1. The lowest BCUT2D eigenvalue weighted by Crippen LogP contribution is -2.29. The second-order valence-electron chi connectivity index (χ2n) is 6.36. The third kappa shape index (κ3) is 3.91. The summed E-state index contributed by atoms with van der Waals surface area (Å²) < 4.78 is 24.7. The number of halogens is 1. The lowest BCUT2D eigenvalue weighted by molar-refractivity contribution is 0.143. The first-order valence-electron chi connectivity index (χ1n) is 8.45. The number of nitrogens with one attached hydrogen (secondary N) is 2. The molecule has 2 atom stereocenters. The maximum atomic E-state index is 13.9. The van der Waals surface area contributed by atoms with Crippen molar-refractivity contribution in [3.63, 3.8) is 0 Å². The molecule has 3 heterocycles. The number of amides is 3. The van der Waals surface area contributed by atoms with Crippen LogP contribution in [0.4, 0.5) is 25.4 Å². The van der Waals surface area contributed by atoms with E-state index >= 15 is 0 Å². The van der Waals surface area contributed by atoms with Crippen molar-refractivity contribution in [2.75, 3.05) is 23.8 Å². The van der Waals surface area contributed by atoms with Crippen LogP contribution < -0.4 is 15.4 Å². The maximum absolute atomic E-state index is 13.9. The Morgan fingerprint density at radius 3 is 2.93 bits per heavy atom. The smallest absolute Gasteiger partial charge is 0.410 e. The second-order valence-corrected chi connectivity index (χ2v) is 6.36. The summed E-state index contributed by atoms with van der Waals surface area (Å²) in [4.78, 5) is 29.1. The Kier molecular flexibility index (Phi) is 4.49. The van der Waals surface area contributed by atoms with E-state index in [0.29, 0.717) is 25.3 Å². The van der Waals surface area contributed by atoms with Gasteiger partial charge in [-0.3, -0.25) is 9.88 Å². The van der Waals surface area contributed by atoms with Crippen LogP contribution in [0.3, 0.4) is 0 Å². The zero-order chi connectivity index (χ0) is 18.8. The molecule has 2 saturated heterocycles. The number of pyridine rings is 1. The van der Waals surface area contributed by atoms with E-state index in [9.17, 15) is 14.0 Å². The summed E-state index contributed by atoms with van der Waals surface area (Å²) in [7, 11) is 0. The molecule has 2 fully saturated rings. The van der Waals surface area contributed by atoms with Gasteiger partial charge in [-0.2, -0.15) is 0 Å². The molecule has 0 radical (unpaired) electrons. The van der Waals surface area contributed by atoms with E-state index < -0.39 is 11.8 Å². The Bertz CT molecular complexity index is 864. The van der Waals surface area contributed by atoms with E-state index in [1.165, 1.54) is 24.4 Å². The summed E-state index contributed by atoms with van der Waals surface area (Å²) in [6.45, 7) is 0.743. The fourth-order valence-corrected chi connectivity index (χ4v) is 3.22. The highest BCUT2D eigenvalue weighted by atomic mass is 19.1. The highest BCUT2D eigenvalue weighted by Crippen LogP contribution is 2.29. The number of anilines is 2. The van der Waals surface area contributed by atoms with Crippen LogP contribution in [0.2, 0.25) is 0 Å². The molecule has 2 aliphatic rings. The van der Waals surface area contributed by atoms with Crippen LogP contribution in [0.15, 0.2) is 42.7 Å². The molecule has 4 rings (SSSR count). The SMILES string of the molecule is O=C(Nc1cccnc1)Nc1cc(F)cc(OC2C[C@H]3COC(=O)N3C2)c1. The van der Waals surface area contributed by atoms with Crippen molar-refractivity contribution in [2.24, 2.45) is 0 Å². The molecule has 1 unspecified atom stereocenters. The number of nitrogens with zero attached hydrogens (tertiary/aromatic N) is 2. The molecule has 0 aliphatic carbocycles. The number of hydrogen-bond donors (Lipinski definition) is 2. The third-order valence-electron chi connectivity index (χ3n) is 4.36. The molecule has 27 heavy (non-hydrogen) atoms. The van der Waals surface area contributed by atoms with Gasteiger partial charge in [0.05, 0.1) is 24.5 Å². The van der Waals surface area contributed by atoms with Crippen molar-refractivity contribution in [3.05, 3.63) is 48.5 Å². The molecule has 1 aromatic carbocycles. The average molecular weight is 372 g/mol. The third-order valence-corrected chi connectivity index (χ3v) is 4.36. The Morgan fingerprint density at radius 2 is 2.15 bits per heavy atom. The van der Waals surface area contributed by atoms with Gasteiger partial charge in [-0.25, -0.2) is 14.0 Å². The molecule has 0 bridgehead atoms. The maximum Gasteiger partial charge on any atom is 0.410 e. The number of cyclic esters (lactones) is 1. The summed E-state index contributed by atoms with van der Waals surface area (Å²) in [6, 6.07) is 6.82. The van der Waals surface area contributed by atoms with Crippen molar-refractivity contribution >= 4 is 23.5 Å². The normalized spacial score (nSPS) is 20.8. The minimum absolute atomic E-state index is 0.00101. The van der Waals surface area contributed by atoms with Crippen LogP contribution in [0, 0.1) is 5.82 Å². The van der Waals surface area contributed by atoms with E-state index in [1.807, 2.05) is 0 Å². The van der Waals surface area contributed by atoms with E-state index in [2.05, 4.69) is 15.6 Å². The fourth-order valence-electron chi connectivity index (χ4n) is 3.22.